The molecule has 14 heavy (non-hydrogen) atoms. The molecule has 0 aromatic rings. The van der Waals surface area contributed by atoms with E-state index in [-0.39, 0.29) is 0 Å². The van der Waals surface area contributed by atoms with Crippen molar-refractivity contribution in [3.8, 4) is 11.8 Å². The molecule has 0 saturated heterocycles. The Bertz CT molecular complexity index is 203. The zero-order chi connectivity index (χ0) is 10.3. The average Bonchev–Trinajstić information content (AvgIpc) is 2.18. The Morgan fingerprint density at radius 3 is 2.50 bits per heavy atom. The standard InChI is InChI=1S/C13H22O/c1-2-3-4-5-7-10-13(14)11-8-6-9-12-13/h14H,2-4,6,8-12H2,1H3. The van der Waals surface area contributed by atoms with Crippen LogP contribution in [0.4, 0.5) is 0 Å². The van der Waals surface area contributed by atoms with Gasteiger partial charge in [-0.25, -0.2) is 0 Å². The van der Waals surface area contributed by atoms with Crippen molar-refractivity contribution >= 4 is 0 Å². The van der Waals surface area contributed by atoms with E-state index in [0.717, 1.165) is 19.3 Å². The van der Waals surface area contributed by atoms with Gasteiger partial charge in [-0.1, -0.05) is 32.6 Å². The Balaban J connectivity index is 2.23. The van der Waals surface area contributed by atoms with Gasteiger partial charge >= 0.3 is 0 Å². The summed E-state index contributed by atoms with van der Waals surface area (Å²) in [6, 6.07) is 0. The molecule has 0 aromatic heterocycles. The molecule has 1 nitrogen and oxygen atoms in total. The van der Waals surface area contributed by atoms with Gasteiger partial charge in [0.25, 0.3) is 0 Å². The van der Waals surface area contributed by atoms with Gasteiger partial charge in [0.1, 0.15) is 0 Å². The summed E-state index contributed by atoms with van der Waals surface area (Å²) in [7, 11) is 0. The molecule has 1 aliphatic carbocycles. The minimum atomic E-state index is -0.447. The van der Waals surface area contributed by atoms with Gasteiger partial charge in [0.15, 0.2) is 0 Å². The maximum absolute atomic E-state index is 10.1. The third-order valence-electron chi connectivity index (χ3n) is 2.98. The van der Waals surface area contributed by atoms with Crippen molar-refractivity contribution in [1.82, 2.24) is 0 Å². The number of rotatable bonds is 3. The maximum Gasteiger partial charge on any atom is 0.0756 e. The molecule has 0 radical (unpaired) electrons. The van der Waals surface area contributed by atoms with E-state index in [0.29, 0.717) is 6.42 Å². The highest BCUT2D eigenvalue weighted by Crippen LogP contribution is 2.30. The predicted molar refractivity (Wildman–Crippen MR) is 60.0 cm³/mol. The Kier molecular flexibility index (Phi) is 5.04. The van der Waals surface area contributed by atoms with Crippen molar-refractivity contribution in [1.29, 1.82) is 0 Å². The topological polar surface area (TPSA) is 20.2 Å². The van der Waals surface area contributed by atoms with Crippen molar-refractivity contribution in [3.05, 3.63) is 0 Å². The van der Waals surface area contributed by atoms with Crippen LogP contribution in [-0.2, 0) is 0 Å². The van der Waals surface area contributed by atoms with E-state index in [2.05, 4.69) is 18.8 Å². The first-order valence-corrected chi connectivity index (χ1v) is 5.95. The van der Waals surface area contributed by atoms with Gasteiger partial charge in [-0.15, -0.1) is 11.8 Å². The molecular weight excluding hydrogens is 172 g/mol. The van der Waals surface area contributed by atoms with Gasteiger partial charge < -0.3 is 5.11 Å². The van der Waals surface area contributed by atoms with Crippen LogP contribution >= 0.6 is 0 Å². The summed E-state index contributed by atoms with van der Waals surface area (Å²) >= 11 is 0. The smallest absolute Gasteiger partial charge is 0.0756 e. The maximum atomic E-state index is 10.1. The molecule has 0 aromatic carbocycles. The molecule has 0 atom stereocenters. The fraction of sp³-hybridized carbons (Fsp3) is 0.846. The molecule has 0 aliphatic heterocycles. The summed E-state index contributed by atoms with van der Waals surface area (Å²) in [6.45, 7) is 2.18. The minimum absolute atomic E-state index is 0.447. The molecule has 1 saturated carbocycles. The second-order valence-corrected chi connectivity index (χ2v) is 4.42. The third kappa shape index (κ3) is 4.15. The fourth-order valence-electron chi connectivity index (χ4n) is 1.97. The van der Waals surface area contributed by atoms with Gasteiger partial charge in [0.05, 0.1) is 5.60 Å². The normalized spacial score (nSPS) is 19.9. The van der Waals surface area contributed by atoms with E-state index in [4.69, 9.17) is 0 Å². The summed E-state index contributed by atoms with van der Waals surface area (Å²) in [6.07, 6.45) is 9.62. The van der Waals surface area contributed by atoms with E-state index in [1.807, 2.05) is 0 Å². The van der Waals surface area contributed by atoms with Crippen molar-refractivity contribution in [3.63, 3.8) is 0 Å². The van der Waals surface area contributed by atoms with E-state index < -0.39 is 5.60 Å². The van der Waals surface area contributed by atoms with Crippen LogP contribution < -0.4 is 0 Å². The molecule has 1 aliphatic rings. The Morgan fingerprint density at radius 1 is 1.14 bits per heavy atom. The van der Waals surface area contributed by atoms with Crippen LogP contribution in [0.3, 0.4) is 0 Å². The number of aliphatic hydroxyl groups is 1. The largest absolute Gasteiger partial charge is 0.389 e. The molecule has 80 valence electrons. The summed E-state index contributed by atoms with van der Waals surface area (Å²) in [5, 5.41) is 10.1. The molecule has 0 spiro atoms. The van der Waals surface area contributed by atoms with Crippen LogP contribution in [0.1, 0.15) is 64.7 Å². The summed E-state index contributed by atoms with van der Waals surface area (Å²) in [4.78, 5) is 0. The van der Waals surface area contributed by atoms with E-state index in [1.54, 1.807) is 0 Å². The van der Waals surface area contributed by atoms with Gasteiger partial charge in [0.2, 0.25) is 0 Å². The van der Waals surface area contributed by atoms with Crippen molar-refractivity contribution in [2.45, 2.75) is 70.3 Å². The molecule has 0 bridgehead atoms. The van der Waals surface area contributed by atoms with Gasteiger partial charge in [-0.3, -0.25) is 0 Å². The lowest BCUT2D eigenvalue weighted by atomic mass is 9.83. The fourth-order valence-corrected chi connectivity index (χ4v) is 1.97. The lowest BCUT2D eigenvalue weighted by Gasteiger charge is -2.30. The van der Waals surface area contributed by atoms with E-state index in [1.165, 1.54) is 32.1 Å². The van der Waals surface area contributed by atoms with Gasteiger partial charge in [-0.05, 0) is 19.3 Å². The molecule has 0 unspecified atom stereocenters. The molecule has 1 heteroatoms. The highest BCUT2D eigenvalue weighted by atomic mass is 16.3. The Morgan fingerprint density at radius 2 is 1.86 bits per heavy atom. The number of hydrogen-bond donors (Lipinski definition) is 1. The van der Waals surface area contributed by atoms with Crippen LogP contribution in [0.15, 0.2) is 0 Å². The first-order chi connectivity index (χ1) is 6.77. The molecule has 0 heterocycles. The SMILES string of the molecule is CCCCC#CCC1(O)CCCCC1. The number of unbranched alkanes of at least 4 members (excludes halogenated alkanes) is 2. The van der Waals surface area contributed by atoms with E-state index >= 15 is 0 Å². The van der Waals surface area contributed by atoms with Gasteiger partial charge in [0, 0.05) is 12.8 Å². The lowest BCUT2D eigenvalue weighted by Crippen LogP contribution is -2.30. The molecular formula is C13H22O. The van der Waals surface area contributed by atoms with Crippen LogP contribution in [-0.4, -0.2) is 10.7 Å². The second-order valence-electron chi connectivity index (χ2n) is 4.42. The Labute approximate surface area is 87.9 Å². The van der Waals surface area contributed by atoms with Crippen molar-refractivity contribution in [2.75, 3.05) is 0 Å². The first-order valence-electron chi connectivity index (χ1n) is 5.95. The van der Waals surface area contributed by atoms with Crippen LogP contribution in [0.2, 0.25) is 0 Å². The Hall–Kier alpha value is -0.480. The second kappa shape index (κ2) is 6.09. The summed E-state index contributed by atoms with van der Waals surface area (Å²) < 4.78 is 0. The minimum Gasteiger partial charge on any atom is -0.389 e. The zero-order valence-electron chi connectivity index (χ0n) is 9.31. The zero-order valence-corrected chi connectivity index (χ0v) is 9.31. The molecule has 1 fully saturated rings. The van der Waals surface area contributed by atoms with Crippen LogP contribution in [0, 0.1) is 11.8 Å². The highest BCUT2D eigenvalue weighted by molar-refractivity contribution is 5.04. The predicted octanol–water partition coefficient (Wildman–Crippen LogP) is 3.27. The summed E-state index contributed by atoms with van der Waals surface area (Å²) in [5.41, 5.74) is -0.447. The summed E-state index contributed by atoms with van der Waals surface area (Å²) in [5.74, 6) is 6.28. The van der Waals surface area contributed by atoms with Crippen molar-refractivity contribution < 1.29 is 5.11 Å². The molecule has 1 N–H and O–H groups in total. The number of hydrogen-bond acceptors (Lipinski definition) is 1. The monoisotopic (exact) mass is 194 g/mol. The molecule has 1 rings (SSSR count). The molecule has 0 amide bonds. The first kappa shape index (κ1) is 11.6. The quantitative estimate of drug-likeness (QED) is 0.540. The third-order valence-corrected chi connectivity index (χ3v) is 2.98. The van der Waals surface area contributed by atoms with Crippen molar-refractivity contribution in [2.24, 2.45) is 0 Å². The average molecular weight is 194 g/mol. The van der Waals surface area contributed by atoms with Crippen LogP contribution in [0.25, 0.3) is 0 Å². The highest BCUT2D eigenvalue weighted by Gasteiger charge is 2.27. The lowest BCUT2D eigenvalue weighted by molar-refractivity contribution is 0.00893. The van der Waals surface area contributed by atoms with Crippen LogP contribution in [0.5, 0.6) is 0 Å². The van der Waals surface area contributed by atoms with Gasteiger partial charge in [-0.2, -0.15) is 0 Å². The van der Waals surface area contributed by atoms with E-state index in [9.17, 15) is 5.11 Å².